The largest absolute Gasteiger partial charge is 0.350 e. The van der Waals surface area contributed by atoms with E-state index in [1.54, 1.807) is 0 Å². The number of carbonyl (C=O) groups is 2. The van der Waals surface area contributed by atoms with Gasteiger partial charge in [-0.2, -0.15) is 0 Å². The number of benzene rings is 1. The lowest BCUT2D eigenvalue weighted by Gasteiger charge is -2.21. The van der Waals surface area contributed by atoms with Crippen molar-refractivity contribution in [1.82, 2.24) is 4.57 Å². The lowest BCUT2D eigenvalue weighted by atomic mass is 9.81. The Labute approximate surface area is 112 Å². The molecular formula is C16H17NO2. The molecule has 3 nitrogen and oxygen atoms in total. The molecule has 1 saturated carbocycles. The smallest absolute Gasteiger partial charge is 0.152 e. The summed E-state index contributed by atoms with van der Waals surface area (Å²) in [6, 6.07) is 5.98. The molecule has 0 radical (unpaired) electrons. The molecule has 1 aromatic carbocycles. The summed E-state index contributed by atoms with van der Waals surface area (Å²) in [7, 11) is 1.93. The Morgan fingerprint density at radius 1 is 1.32 bits per heavy atom. The quantitative estimate of drug-likeness (QED) is 0.773. The molecule has 0 aliphatic heterocycles. The molecule has 2 aromatic rings. The molecule has 3 heteroatoms. The highest BCUT2D eigenvalue weighted by Crippen LogP contribution is 2.35. The maximum absolute atomic E-state index is 12.1. The average molecular weight is 255 g/mol. The van der Waals surface area contributed by atoms with Crippen molar-refractivity contribution in [3.8, 4) is 0 Å². The molecule has 0 bridgehead atoms. The number of nitrogens with zero attached hydrogens (tertiary/aromatic N) is 1. The molecule has 1 fully saturated rings. The molecule has 1 aromatic heterocycles. The normalized spacial score (nSPS) is 19.8. The molecule has 1 atom stereocenters. The molecule has 1 unspecified atom stereocenters. The van der Waals surface area contributed by atoms with Crippen LogP contribution in [0.1, 0.15) is 47.5 Å². The third kappa shape index (κ3) is 1.89. The molecule has 1 aliphatic carbocycles. The fourth-order valence-electron chi connectivity index (χ4n) is 3.20. The maximum atomic E-state index is 12.1. The molecule has 0 N–H and O–H groups in total. The van der Waals surface area contributed by atoms with Crippen LogP contribution in [0.2, 0.25) is 0 Å². The summed E-state index contributed by atoms with van der Waals surface area (Å²) in [6.45, 7) is 0. The molecule has 0 amide bonds. The lowest BCUT2D eigenvalue weighted by molar-refractivity contribution is -0.121. The summed E-state index contributed by atoms with van der Waals surface area (Å²) in [5, 5.41) is 0.959. The Morgan fingerprint density at radius 2 is 2.16 bits per heavy atom. The molecule has 3 rings (SSSR count). The highest BCUT2D eigenvalue weighted by molar-refractivity contribution is 6.02. The first-order valence-electron chi connectivity index (χ1n) is 6.78. The van der Waals surface area contributed by atoms with Crippen molar-refractivity contribution in [3.63, 3.8) is 0 Å². The van der Waals surface area contributed by atoms with Crippen LogP contribution >= 0.6 is 0 Å². The summed E-state index contributed by atoms with van der Waals surface area (Å²) in [4.78, 5) is 23.4. The number of Topliss-reactive ketones (excluding diaryl/α,β-unsaturated/α-hetero) is 1. The van der Waals surface area contributed by atoms with Crippen LogP contribution in [0.3, 0.4) is 0 Å². The van der Waals surface area contributed by atoms with E-state index in [4.69, 9.17) is 0 Å². The summed E-state index contributed by atoms with van der Waals surface area (Å²) < 4.78 is 1.95. The topological polar surface area (TPSA) is 39.1 Å². The SMILES string of the molecule is Cn1cc(C=O)c2c(C3CCCCC3=O)cccc21. The monoisotopic (exact) mass is 255 g/mol. The van der Waals surface area contributed by atoms with Crippen LogP contribution in [-0.4, -0.2) is 16.6 Å². The van der Waals surface area contributed by atoms with Crippen LogP contribution < -0.4 is 0 Å². The highest BCUT2D eigenvalue weighted by Gasteiger charge is 2.26. The van der Waals surface area contributed by atoms with E-state index in [0.717, 1.165) is 42.0 Å². The van der Waals surface area contributed by atoms with Crippen LogP contribution in [0, 0.1) is 0 Å². The predicted molar refractivity (Wildman–Crippen MR) is 74.5 cm³/mol. The first kappa shape index (κ1) is 12.2. The Morgan fingerprint density at radius 3 is 2.89 bits per heavy atom. The number of carbonyl (C=O) groups excluding carboxylic acids is 2. The molecule has 1 aliphatic rings. The van der Waals surface area contributed by atoms with Crippen molar-refractivity contribution in [2.75, 3.05) is 0 Å². The third-order valence-electron chi connectivity index (χ3n) is 4.13. The van der Waals surface area contributed by atoms with Crippen molar-refractivity contribution in [2.45, 2.75) is 31.6 Å². The number of aryl methyl sites for hydroxylation is 1. The van der Waals surface area contributed by atoms with Gasteiger partial charge in [0.2, 0.25) is 0 Å². The van der Waals surface area contributed by atoms with Gasteiger partial charge >= 0.3 is 0 Å². The second kappa shape index (κ2) is 4.65. The van der Waals surface area contributed by atoms with Crippen molar-refractivity contribution < 1.29 is 9.59 Å². The third-order valence-corrected chi connectivity index (χ3v) is 4.13. The highest BCUT2D eigenvalue weighted by atomic mass is 16.1. The van der Waals surface area contributed by atoms with Crippen LogP contribution in [0.5, 0.6) is 0 Å². The summed E-state index contributed by atoms with van der Waals surface area (Å²) in [5.41, 5.74) is 2.74. The summed E-state index contributed by atoms with van der Waals surface area (Å²) in [6.07, 6.45) is 6.40. The molecule has 98 valence electrons. The van der Waals surface area contributed by atoms with E-state index in [1.807, 2.05) is 36.0 Å². The first-order valence-corrected chi connectivity index (χ1v) is 6.78. The Bertz CT molecular complexity index is 654. The average Bonchev–Trinajstić information content (AvgIpc) is 2.76. The number of ketones is 1. The fourth-order valence-corrected chi connectivity index (χ4v) is 3.20. The van der Waals surface area contributed by atoms with Crippen molar-refractivity contribution in [2.24, 2.45) is 7.05 Å². The second-order valence-electron chi connectivity index (χ2n) is 5.32. The minimum absolute atomic E-state index is 0.0291. The van der Waals surface area contributed by atoms with E-state index >= 15 is 0 Å². The summed E-state index contributed by atoms with van der Waals surface area (Å²) >= 11 is 0. The van der Waals surface area contributed by atoms with E-state index < -0.39 is 0 Å². The van der Waals surface area contributed by atoms with Crippen LogP contribution in [-0.2, 0) is 11.8 Å². The number of hydrogen-bond donors (Lipinski definition) is 0. The standard InChI is InChI=1S/C16H17NO2/c1-17-9-11(10-18)16-13(6-4-7-14(16)17)12-5-2-3-8-15(12)19/h4,6-7,9-10,12H,2-3,5,8H2,1H3. The lowest BCUT2D eigenvalue weighted by Crippen LogP contribution is -2.17. The predicted octanol–water partition coefficient (Wildman–Crippen LogP) is 3.22. The van der Waals surface area contributed by atoms with Crippen LogP contribution in [0.15, 0.2) is 24.4 Å². The van der Waals surface area contributed by atoms with Gasteiger partial charge in [-0.05, 0) is 24.5 Å². The first-order chi connectivity index (χ1) is 9.22. The van der Waals surface area contributed by atoms with E-state index in [1.165, 1.54) is 0 Å². The number of rotatable bonds is 2. The minimum Gasteiger partial charge on any atom is -0.350 e. The van der Waals surface area contributed by atoms with E-state index in [0.29, 0.717) is 17.8 Å². The number of hydrogen-bond acceptors (Lipinski definition) is 2. The Hall–Kier alpha value is -1.90. The van der Waals surface area contributed by atoms with E-state index in [-0.39, 0.29) is 5.92 Å². The molecule has 1 heterocycles. The van der Waals surface area contributed by atoms with Gasteiger partial charge in [-0.1, -0.05) is 18.6 Å². The number of aromatic nitrogens is 1. The van der Waals surface area contributed by atoms with Crippen molar-refractivity contribution in [3.05, 3.63) is 35.5 Å². The molecular weight excluding hydrogens is 238 g/mol. The Balaban J connectivity index is 2.22. The summed E-state index contributed by atoms with van der Waals surface area (Å²) in [5.74, 6) is 0.290. The van der Waals surface area contributed by atoms with E-state index in [2.05, 4.69) is 0 Å². The fraction of sp³-hybridized carbons (Fsp3) is 0.375. The van der Waals surface area contributed by atoms with Crippen molar-refractivity contribution in [1.29, 1.82) is 0 Å². The van der Waals surface area contributed by atoms with Crippen LogP contribution in [0.25, 0.3) is 10.9 Å². The van der Waals surface area contributed by atoms with Gasteiger partial charge in [-0.3, -0.25) is 9.59 Å². The van der Waals surface area contributed by atoms with Gasteiger partial charge in [0.15, 0.2) is 6.29 Å². The second-order valence-corrected chi connectivity index (χ2v) is 5.32. The zero-order valence-electron chi connectivity index (χ0n) is 11.1. The molecule has 0 spiro atoms. The van der Waals surface area contributed by atoms with E-state index in [9.17, 15) is 9.59 Å². The Kier molecular flexibility index (Phi) is 2.97. The van der Waals surface area contributed by atoms with Gasteiger partial charge in [-0.25, -0.2) is 0 Å². The molecule has 19 heavy (non-hydrogen) atoms. The van der Waals surface area contributed by atoms with Gasteiger partial charge in [0, 0.05) is 42.0 Å². The van der Waals surface area contributed by atoms with Gasteiger partial charge in [0.25, 0.3) is 0 Å². The number of fused-ring (bicyclic) bond motifs is 1. The van der Waals surface area contributed by atoms with Gasteiger partial charge < -0.3 is 4.57 Å². The zero-order chi connectivity index (χ0) is 13.4. The van der Waals surface area contributed by atoms with Crippen molar-refractivity contribution >= 4 is 23.0 Å². The minimum atomic E-state index is -0.0291. The van der Waals surface area contributed by atoms with Gasteiger partial charge in [0.05, 0.1) is 0 Å². The zero-order valence-corrected chi connectivity index (χ0v) is 11.1. The van der Waals surface area contributed by atoms with Crippen LogP contribution in [0.4, 0.5) is 0 Å². The molecule has 0 saturated heterocycles. The number of aldehydes is 1. The maximum Gasteiger partial charge on any atom is 0.152 e. The van der Waals surface area contributed by atoms with Gasteiger partial charge in [0.1, 0.15) is 5.78 Å². The van der Waals surface area contributed by atoms with Gasteiger partial charge in [-0.15, -0.1) is 0 Å².